The molecular formula is C24H23ClN2O5S. The van der Waals surface area contributed by atoms with Crippen LogP contribution in [0.5, 0.6) is 11.5 Å². The predicted molar refractivity (Wildman–Crippen MR) is 128 cm³/mol. The van der Waals surface area contributed by atoms with Gasteiger partial charge in [0.15, 0.2) is 0 Å². The maximum atomic E-state index is 13.4. The minimum absolute atomic E-state index is 0.0486. The first kappa shape index (κ1) is 22.9. The molecule has 7 nitrogen and oxygen atoms in total. The van der Waals surface area contributed by atoms with Gasteiger partial charge < -0.3 is 14.8 Å². The number of hydrogen-bond acceptors (Lipinski definition) is 5. The molecule has 3 aromatic rings. The average molecular weight is 487 g/mol. The monoisotopic (exact) mass is 486 g/mol. The van der Waals surface area contributed by atoms with Crippen LogP contribution >= 0.6 is 11.6 Å². The molecule has 9 heteroatoms. The molecule has 3 aromatic carbocycles. The second-order valence-electron chi connectivity index (χ2n) is 7.48. The third-order valence-electron chi connectivity index (χ3n) is 5.47. The Morgan fingerprint density at radius 1 is 1.00 bits per heavy atom. The van der Waals surface area contributed by atoms with E-state index in [1.807, 2.05) is 24.3 Å². The third-order valence-corrected chi connectivity index (χ3v) is 7.58. The standard InChI is InChI=1S/C24H23ClN2O5S/c1-31-22-15-20(23(32-2)14-19(22)25)26-24(28)17-8-5-10-18(13-17)33(29,30)27-12-6-9-16-7-3-4-11-21(16)27/h3-5,7-8,10-11,13-15H,6,9,12H2,1-2H3,(H,26,28). The lowest BCUT2D eigenvalue weighted by Gasteiger charge is -2.30. The number of para-hydroxylation sites is 1. The number of ether oxygens (including phenoxy) is 2. The number of carbonyl (C=O) groups is 1. The van der Waals surface area contributed by atoms with Crippen molar-refractivity contribution in [2.24, 2.45) is 0 Å². The van der Waals surface area contributed by atoms with Crippen LogP contribution in [0.3, 0.4) is 0 Å². The van der Waals surface area contributed by atoms with Gasteiger partial charge in [-0.2, -0.15) is 0 Å². The molecule has 172 valence electrons. The van der Waals surface area contributed by atoms with E-state index in [4.69, 9.17) is 21.1 Å². The first-order valence-electron chi connectivity index (χ1n) is 10.3. The van der Waals surface area contributed by atoms with Gasteiger partial charge in [-0.25, -0.2) is 8.42 Å². The number of benzene rings is 3. The molecule has 1 N–H and O–H groups in total. The van der Waals surface area contributed by atoms with Crippen molar-refractivity contribution < 1.29 is 22.7 Å². The highest BCUT2D eigenvalue weighted by Crippen LogP contribution is 2.36. The zero-order chi connectivity index (χ0) is 23.6. The normalized spacial score (nSPS) is 13.2. The van der Waals surface area contributed by atoms with E-state index in [9.17, 15) is 13.2 Å². The molecule has 0 bridgehead atoms. The van der Waals surface area contributed by atoms with E-state index >= 15 is 0 Å². The highest BCUT2D eigenvalue weighted by molar-refractivity contribution is 7.92. The summed E-state index contributed by atoms with van der Waals surface area (Å²) in [5, 5.41) is 3.08. The third kappa shape index (κ3) is 4.49. The van der Waals surface area contributed by atoms with Crippen molar-refractivity contribution in [3.05, 3.63) is 76.8 Å². The van der Waals surface area contributed by atoms with E-state index in [1.54, 1.807) is 18.2 Å². The SMILES string of the molecule is COc1cc(NC(=O)c2cccc(S(=O)(=O)N3CCCc4ccccc43)c2)c(OC)cc1Cl. The van der Waals surface area contributed by atoms with E-state index in [0.29, 0.717) is 34.4 Å². The molecule has 0 atom stereocenters. The summed E-state index contributed by atoms with van der Waals surface area (Å²) in [5.41, 5.74) is 2.21. The summed E-state index contributed by atoms with van der Waals surface area (Å²) in [7, 11) is -0.922. The Morgan fingerprint density at radius 3 is 2.52 bits per heavy atom. The number of halogens is 1. The lowest BCUT2D eigenvalue weighted by Crippen LogP contribution is -2.35. The van der Waals surface area contributed by atoms with Crippen LogP contribution in [0.15, 0.2) is 65.6 Å². The lowest BCUT2D eigenvalue weighted by molar-refractivity contribution is 0.102. The molecule has 0 radical (unpaired) electrons. The number of anilines is 2. The molecule has 4 rings (SSSR count). The van der Waals surface area contributed by atoms with Gasteiger partial charge in [0, 0.05) is 24.2 Å². The minimum Gasteiger partial charge on any atom is -0.495 e. The van der Waals surface area contributed by atoms with Gasteiger partial charge in [-0.1, -0.05) is 35.9 Å². The van der Waals surface area contributed by atoms with Crippen LogP contribution in [0.25, 0.3) is 0 Å². The number of carbonyl (C=O) groups excluding carboxylic acids is 1. The smallest absolute Gasteiger partial charge is 0.264 e. The fourth-order valence-electron chi connectivity index (χ4n) is 3.83. The largest absolute Gasteiger partial charge is 0.495 e. The van der Waals surface area contributed by atoms with Crippen molar-refractivity contribution in [1.29, 1.82) is 0 Å². The predicted octanol–water partition coefficient (Wildman–Crippen LogP) is 4.75. The fraction of sp³-hybridized carbons (Fsp3) is 0.208. The summed E-state index contributed by atoms with van der Waals surface area (Å²) in [6, 6.07) is 16.5. The second-order valence-corrected chi connectivity index (χ2v) is 9.75. The van der Waals surface area contributed by atoms with Crippen molar-refractivity contribution >= 4 is 38.9 Å². The number of fused-ring (bicyclic) bond motifs is 1. The van der Waals surface area contributed by atoms with Crippen molar-refractivity contribution in [3.8, 4) is 11.5 Å². The van der Waals surface area contributed by atoms with Crippen LogP contribution in [0.2, 0.25) is 5.02 Å². The molecule has 0 saturated heterocycles. The molecule has 0 spiro atoms. The van der Waals surface area contributed by atoms with Gasteiger partial charge in [0.25, 0.3) is 15.9 Å². The van der Waals surface area contributed by atoms with Crippen LogP contribution < -0.4 is 19.1 Å². The van der Waals surface area contributed by atoms with E-state index in [1.165, 1.54) is 36.7 Å². The van der Waals surface area contributed by atoms with Gasteiger partial charge in [-0.3, -0.25) is 9.10 Å². The van der Waals surface area contributed by atoms with Gasteiger partial charge in [-0.15, -0.1) is 0 Å². The Bertz CT molecular complexity index is 1310. The van der Waals surface area contributed by atoms with Gasteiger partial charge in [0.2, 0.25) is 0 Å². The van der Waals surface area contributed by atoms with Gasteiger partial charge >= 0.3 is 0 Å². The topological polar surface area (TPSA) is 84.9 Å². The van der Waals surface area contributed by atoms with E-state index in [2.05, 4.69) is 5.32 Å². The maximum absolute atomic E-state index is 13.4. The highest BCUT2D eigenvalue weighted by atomic mass is 35.5. The summed E-state index contributed by atoms with van der Waals surface area (Å²) in [4.78, 5) is 13.0. The van der Waals surface area contributed by atoms with E-state index in [0.717, 1.165) is 18.4 Å². The first-order valence-corrected chi connectivity index (χ1v) is 12.1. The minimum atomic E-state index is -3.84. The van der Waals surface area contributed by atoms with Crippen LogP contribution in [0, 0.1) is 0 Å². The zero-order valence-electron chi connectivity index (χ0n) is 18.2. The molecule has 0 aliphatic carbocycles. The Kier molecular flexibility index (Phi) is 6.49. The maximum Gasteiger partial charge on any atom is 0.264 e. The number of sulfonamides is 1. The van der Waals surface area contributed by atoms with Crippen molar-refractivity contribution in [2.75, 3.05) is 30.4 Å². The van der Waals surface area contributed by atoms with Crippen molar-refractivity contribution in [2.45, 2.75) is 17.7 Å². The number of nitrogens with one attached hydrogen (secondary N) is 1. The Balaban J connectivity index is 1.65. The van der Waals surface area contributed by atoms with Crippen LogP contribution in [-0.2, 0) is 16.4 Å². The second kappa shape index (κ2) is 9.33. The summed E-state index contributed by atoms with van der Waals surface area (Å²) < 4.78 is 38.8. The Labute approximate surface area is 197 Å². The first-order chi connectivity index (χ1) is 15.8. The summed E-state index contributed by atoms with van der Waals surface area (Å²) in [6.07, 6.45) is 1.56. The summed E-state index contributed by atoms with van der Waals surface area (Å²) in [6.45, 7) is 0.386. The Morgan fingerprint density at radius 2 is 1.76 bits per heavy atom. The fourth-order valence-corrected chi connectivity index (χ4v) is 5.64. The van der Waals surface area contributed by atoms with E-state index < -0.39 is 15.9 Å². The molecule has 0 aromatic heterocycles. The number of aryl methyl sites for hydroxylation is 1. The van der Waals surface area contributed by atoms with Crippen LogP contribution in [0.1, 0.15) is 22.3 Å². The van der Waals surface area contributed by atoms with Crippen molar-refractivity contribution in [1.82, 2.24) is 0 Å². The van der Waals surface area contributed by atoms with Crippen LogP contribution in [0.4, 0.5) is 11.4 Å². The molecule has 33 heavy (non-hydrogen) atoms. The molecule has 0 unspecified atom stereocenters. The molecule has 1 amide bonds. The van der Waals surface area contributed by atoms with Crippen molar-refractivity contribution in [3.63, 3.8) is 0 Å². The molecular weight excluding hydrogens is 464 g/mol. The number of rotatable bonds is 6. The Hall–Kier alpha value is -3.23. The number of hydrogen-bond donors (Lipinski definition) is 1. The number of nitrogens with zero attached hydrogens (tertiary/aromatic N) is 1. The van der Waals surface area contributed by atoms with E-state index in [-0.39, 0.29) is 10.5 Å². The molecule has 0 fully saturated rings. The van der Waals surface area contributed by atoms with Gasteiger partial charge in [-0.05, 0) is 42.7 Å². The number of methoxy groups -OCH3 is 2. The van der Waals surface area contributed by atoms with Crippen LogP contribution in [-0.4, -0.2) is 35.1 Å². The summed E-state index contributed by atoms with van der Waals surface area (Å²) >= 11 is 6.13. The number of amides is 1. The summed E-state index contributed by atoms with van der Waals surface area (Å²) in [5.74, 6) is 0.226. The highest BCUT2D eigenvalue weighted by Gasteiger charge is 2.29. The molecule has 1 heterocycles. The van der Waals surface area contributed by atoms with Gasteiger partial charge in [0.1, 0.15) is 11.5 Å². The molecule has 1 aliphatic rings. The average Bonchev–Trinajstić information content (AvgIpc) is 2.84. The lowest BCUT2D eigenvalue weighted by atomic mass is 10.0. The zero-order valence-corrected chi connectivity index (χ0v) is 19.7. The molecule has 0 saturated carbocycles. The molecule has 1 aliphatic heterocycles. The van der Waals surface area contributed by atoms with Gasteiger partial charge in [0.05, 0.1) is 35.5 Å². The quantitative estimate of drug-likeness (QED) is 0.543.